The van der Waals surface area contributed by atoms with Crippen LogP contribution in [0.3, 0.4) is 0 Å². The minimum Gasteiger partial charge on any atom is -0.466 e. The topological polar surface area (TPSA) is 69.4 Å². The maximum absolute atomic E-state index is 12.5. The number of halogens is 1. The van der Waals surface area contributed by atoms with Crippen LogP contribution in [0.25, 0.3) is 0 Å². The minimum absolute atomic E-state index is 0.0261. The van der Waals surface area contributed by atoms with Crippen molar-refractivity contribution in [2.75, 3.05) is 19.8 Å². The number of fused-ring (bicyclic) bond motifs is 1. The predicted octanol–water partition coefficient (Wildman–Crippen LogP) is 3.31. The Bertz CT molecular complexity index is 465. The van der Waals surface area contributed by atoms with Gasteiger partial charge in [-0.3, -0.25) is 19.3 Å². The van der Waals surface area contributed by atoms with E-state index in [0.717, 1.165) is 24.8 Å². The van der Waals surface area contributed by atoms with E-state index in [9.17, 15) is 19.3 Å². The Labute approximate surface area is 130 Å². The molecular weight excluding hydrogens is 289 g/mol. The largest absolute Gasteiger partial charge is 0.466 e. The molecule has 0 bridgehead atoms. The number of unbranched alkanes of at least 4 members (excludes halogenated alkanes) is 1. The highest BCUT2D eigenvalue weighted by Gasteiger charge is 2.58. The van der Waals surface area contributed by atoms with Crippen LogP contribution in [0.2, 0.25) is 0 Å². The van der Waals surface area contributed by atoms with Gasteiger partial charge in [-0.25, -0.2) is 0 Å². The van der Waals surface area contributed by atoms with Crippen molar-refractivity contribution in [3.8, 4) is 0 Å². The van der Waals surface area contributed by atoms with Gasteiger partial charge in [-0.15, -0.1) is 0 Å². The maximum atomic E-state index is 12.5. The van der Waals surface area contributed by atoms with Crippen LogP contribution in [0.5, 0.6) is 0 Å². The molecule has 0 aromatic carbocycles. The van der Waals surface area contributed by atoms with E-state index >= 15 is 0 Å². The third-order valence-corrected chi connectivity index (χ3v) is 4.94. The van der Waals surface area contributed by atoms with Crippen molar-refractivity contribution in [3.63, 3.8) is 0 Å². The number of nitrogens with zero attached hydrogens (tertiary/aromatic N) is 1. The number of carbonyl (C=O) groups is 1. The minimum atomic E-state index is -0.629. The number of ether oxygens (including phenoxy) is 1. The van der Waals surface area contributed by atoms with E-state index in [1.807, 2.05) is 13.0 Å². The summed E-state index contributed by atoms with van der Waals surface area (Å²) in [6, 6.07) is 0. The average Bonchev–Trinajstić information content (AvgIpc) is 2.76. The molecule has 2 aliphatic rings. The summed E-state index contributed by atoms with van der Waals surface area (Å²) in [5, 5.41) is 11.0. The smallest absolute Gasteiger partial charge is 0.306 e. The number of allylic oxidation sites excluding steroid dienone is 2. The number of esters is 1. The summed E-state index contributed by atoms with van der Waals surface area (Å²) < 4.78 is 17.7. The molecule has 0 saturated heterocycles. The molecule has 0 aromatic rings. The molecule has 22 heavy (non-hydrogen) atoms. The van der Waals surface area contributed by atoms with Gasteiger partial charge in [-0.05, 0) is 37.5 Å². The number of rotatable bonds is 9. The summed E-state index contributed by atoms with van der Waals surface area (Å²) in [5.41, 5.74) is 0.414. The molecular formula is C16H24FNO4. The predicted molar refractivity (Wildman–Crippen MR) is 79.7 cm³/mol. The van der Waals surface area contributed by atoms with E-state index in [1.165, 1.54) is 0 Å². The SMILES string of the molecule is CCCCOC(=O)C[C@@]1(C[N+](=O)[O-])C[C@H]2CC(CCF)=C[C@H]21. The molecule has 0 unspecified atom stereocenters. The van der Waals surface area contributed by atoms with Gasteiger partial charge >= 0.3 is 5.97 Å². The zero-order valence-electron chi connectivity index (χ0n) is 13.1. The fourth-order valence-corrected chi connectivity index (χ4v) is 3.94. The van der Waals surface area contributed by atoms with Gasteiger partial charge in [-0.2, -0.15) is 0 Å². The molecule has 0 aliphatic heterocycles. The van der Waals surface area contributed by atoms with Crippen molar-refractivity contribution in [1.82, 2.24) is 0 Å². The molecule has 0 radical (unpaired) electrons. The van der Waals surface area contributed by atoms with Gasteiger partial charge in [0.2, 0.25) is 6.54 Å². The van der Waals surface area contributed by atoms with E-state index in [1.54, 1.807) is 0 Å². The summed E-state index contributed by atoms with van der Waals surface area (Å²) in [7, 11) is 0. The van der Waals surface area contributed by atoms with Crippen molar-refractivity contribution >= 4 is 5.97 Å². The van der Waals surface area contributed by atoms with Crippen molar-refractivity contribution < 1.29 is 18.8 Å². The molecule has 0 N–H and O–H groups in total. The first-order valence-electron chi connectivity index (χ1n) is 8.03. The standard InChI is InChI=1S/C16H24FNO4/c1-2-3-6-22-15(19)10-16(11-18(20)21)9-13-7-12(4-5-17)8-14(13)16/h8,13-14H,2-7,9-11H2,1H3/t13-,14-,16-/m1/s1. The molecule has 1 fully saturated rings. The second-order valence-corrected chi connectivity index (χ2v) is 6.56. The summed E-state index contributed by atoms with van der Waals surface area (Å²) in [4.78, 5) is 22.7. The van der Waals surface area contributed by atoms with Crippen LogP contribution < -0.4 is 0 Å². The summed E-state index contributed by atoms with van der Waals surface area (Å²) in [6.45, 7) is 1.78. The molecule has 1 saturated carbocycles. The van der Waals surface area contributed by atoms with Crippen molar-refractivity contribution in [1.29, 1.82) is 0 Å². The quantitative estimate of drug-likeness (QED) is 0.215. The first kappa shape index (κ1) is 16.9. The lowest BCUT2D eigenvalue weighted by Gasteiger charge is -2.49. The van der Waals surface area contributed by atoms with Gasteiger partial charge in [0.1, 0.15) is 0 Å². The highest BCUT2D eigenvalue weighted by atomic mass is 19.1. The van der Waals surface area contributed by atoms with Gasteiger partial charge in [0, 0.05) is 4.92 Å². The number of alkyl halides is 1. The number of hydrogen-bond acceptors (Lipinski definition) is 4. The molecule has 3 atom stereocenters. The van der Waals surface area contributed by atoms with Gasteiger partial charge in [-0.1, -0.05) is 25.0 Å². The summed E-state index contributed by atoms with van der Waals surface area (Å²) in [6.07, 6.45) is 5.71. The first-order valence-corrected chi connectivity index (χ1v) is 8.03. The molecule has 124 valence electrons. The monoisotopic (exact) mass is 313 g/mol. The Hall–Kier alpha value is -1.46. The molecule has 6 heteroatoms. The molecule has 0 amide bonds. The average molecular weight is 313 g/mol. The third kappa shape index (κ3) is 3.65. The second kappa shape index (κ2) is 7.20. The van der Waals surface area contributed by atoms with Crippen LogP contribution >= 0.6 is 0 Å². The van der Waals surface area contributed by atoms with Crippen LogP contribution in [0.1, 0.15) is 45.4 Å². The zero-order valence-corrected chi connectivity index (χ0v) is 13.1. The Morgan fingerprint density at radius 3 is 3.00 bits per heavy atom. The molecule has 5 nitrogen and oxygen atoms in total. The number of nitro groups is 1. The molecule has 0 aromatic heterocycles. The third-order valence-electron chi connectivity index (χ3n) is 4.94. The fourth-order valence-electron chi connectivity index (χ4n) is 3.94. The lowest BCUT2D eigenvalue weighted by atomic mass is 9.53. The van der Waals surface area contributed by atoms with Crippen LogP contribution in [0.4, 0.5) is 4.39 Å². The normalized spacial score (nSPS) is 29.5. The van der Waals surface area contributed by atoms with Crippen LogP contribution in [-0.2, 0) is 9.53 Å². The van der Waals surface area contributed by atoms with Crippen molar-refractivity contribution in [3.05, 3.63) is 21.8 Å². The number of hydrogen-bond donors (Lipinski definition) is 0. The van der Waals surface area contributed by atoms with Crippen molar-refractivity contribution in [2.24, 2.45) is 17.3 Å². The Morgan fingerprint density at radius 2 is 2.36 bits per heavy atom. The fraction of sp³-hybridized carbons (Fsp3) is 0.812. The first-order chi connectivity index (χ1) is 10.5. The van der Waals surface area contributed by atoms with Gasteiger partial charge in [0.05, 0.1) is 25.1 Å². The molecule has 2 rings (SSSR count). The van der Waals surface area contributed by atoms with Gasteiger partial charge < -0.3 is 4.74 Å². The lowest BCUT2D eigenvalue weighted by molar-refractivity contribution is -0.506. The van der Waals surface area contributed by atoms with Crippen LogP contribution in [0, 0.1) is 27.4 Å². The highest BCUT2D eigenvalue weighted by molar-refractivity contribution is 5.70. The maximum Gasteiger partial charge on any atom is 0.306 e. The van der Waals surface area contributed by atoms with Crippen LogP contribution in [-0.4, -0.2) is 30.7 Å². The second-order valence-electron chi connectivity index (χ2n) is 6.56. The summed E-state index contributed by atoms with van der Waals surface area (Å²) >= 11 is 0. The molecule has 2 aliphatic carbocycles. The van der Waals surface area contributed by atoms with Gasteiger partial charge in [0.25, 0.3) is 0 Å². The van der Waals surface area contributed by atoms with E-state index in [0.29, 0.717) is 25.4 Å². The van der Waals surface area contributed by atoms with E-state index in [4.69, 9.17) is 4.74 Å². The van der Waals surface area contributed by atoms with Crippen LogP contribution in [0.15, 0.2) is 11.6 Å². The van der Waals surface area contributed by atoms with Gasteiger partial charge in [0.15, 0.2) is 0 Å². The van der Waals surface area contributed by atoms with Crippen molar-refractivity contribution in [2.45, 2.75) is 45.4 Å². The molecule has 0 spiro atoms. The Kier molecular flexibility index (Phi) is 5.53. The Balaban J connectivity index is 2.01. The van der Waals surface area contributed by atoms with E-state index in [-0.39, 0.29) is 29.8 Å². The zero-order chi connectivity index (χ0) is 16.2. The molecule has 0 heterocycles. The lowest BCUT2D eigenvalue weighted by Crippen LogP contribution is -2.51. The van der Waals surface area contributed by atoms with E-state index in [2.05, 4.69) is 0 Å². The Morgan fingerprint density at radius 1 is 1.59 bits per heavy atom. The number of carbonyl (C=O) groups excluding carboxylic acids is 1. The highest BCUT2D eigenvalue weighted by Crippen LogP contribution is 2.60. The van der Waals surface area contributed by atoms with E-state index < -0.39 is 12.1 Å². The summed E-state index contributed by atoms with van der Waals surface area (Å²) in [5.74, 6) is 0.0178.